The van der Waals surface area contributed by atoms with Crippen LogP contribution in [0.2, 0.25) is 0 Å². The highest BCUT2D eigenvalue weighted by atomic mass is 79.9. The van der Waals surface area contributed by atoms with E-state index in [1.165, 1.54) is 7.11 Å². The van der Waals surface area contributed by atoms with Crippen molar-refractivity contribution >= 4 is 26.8 Å². The molecular weight excluding hydrogens is 275 g/mol. The zero-order valence-corrected chi connectivity index (χ0v) is 10.5. The van der Waals surface area contributed by atoms with Gasteiger partial charge in [0.15, 0.2) is 5.82 Å². The normalized spacial score (nSPS) is 10.8. The summed E-state index contributed by atoms with van der Waals surface area (Å²) in [5.74, 6) is -0.366. The van der Waals surface area contributed by atoms with Crippen molar-refractivity contribution in [3.63, 3.8) is 0 Å². The molecule has 3 nitrogen and oxygen atoms in total. The molecule has 0 fully saturated rings. The number of benzene rings is 1. The Bertz CT molecular complexity index is 545. The van der Waals surface area contributed by atoms with Crippen LogP contribution in [0, 0.1) is 5.82 Å². The van der Waals surface area contributed by atoms with Gasteiger partial charge in [-0.15, -0.1) is 0 Å². The van der Waals surface area contributed by atoms with E-state index in [9.17, 15) is 4.39 Å². The van der Waals surface area contributed by atoms with E-state index in [1.807, 2.05) is 13.0 Å². The van der Waals surface area contributed by atoms with Crippen molar-refractivity contribution in [3.8, 4) is 6.01 Å². The van der Waals surface area contributed by atoms with Crippen LogP contribution in [0.1, 0.15) is 12.5 Å². The summed E-state index contributed by atoms with van der Waals surface area (Å²) in [5.41, 5.74) is 1.18. The molecule has 0 aliphatic rings. The van der Waals surface area contributed by atoms with Gasteiger partial charge in [-0.25, -0.2) is 9.37 Å². The van der Waals surface area contributed by atoms with Crippen LogP contribution in [-0.4, -0.2) is 17.1 Å². The molecule has 1 aromatic heterocycles. The first kappa shape index (κ1) is 11.3. The van der Waals surface area contributed by atoms with Crippen LogP contribution in [-0.2, 0) is 6.42 Å². The number of fused-ring (bicyclic) bond motifs is 1. The molecule has 1 aromatic carbocycles. The van der Waals surface area contributed by atoms with Crippen molar-refractivity contribution in [2.75, 3.05) is 7.11 Å². The first-order valence-corrected chi connectivity index (χ1v) is 5.64. The summed E-state index contributed by atoms with van der Waals surface area (Å²) in [6.07, 6.45) is 2.31. The molecule has 0 amide bonds. The maximum atomic E-state index is 14.0. The molecule has 0 bridgehead atoms. The maximum Gasteiger partial charge on any atom is 0.316 e. The number of hydrogen-bond acceptors (Lipinski definition) is 3. The lowest BCUT2D eigenvalue weighted by Crippen LogP contribution is -1.96. The van der Waals surface area contributed by atoms with E-state index in [4.69, 9.17) is 4.74 Å². The second-order valence-electron chi connectivity index (χ2n) is 3.31. The average molecular weight is 285 g/mol. The summed E-state index contributed by atoms with van der Waals surface area (Å²) >= 11 is 3.23. The van der Waals surface area contributed by atoms with Crippen molar-refractivity contribution in [2.45, 2.75) is 13.3 Å². The molecule has 0 saturated heterocycles. The third-order valence-corrected chi connectivity index (χ3v) is 3.23. The minimum absolute atomic E-state index is 0.169. The topological polar surface area (TPSA) is 35.0 Å². The van der Waals surface area contributed by atoms with E-state index < -0.39 is 0 Å². The first-order chi connectivity index (χ1) is 7.67. The Labute approximate surface area is 101 Å². The van der Waals surface area contributed by atoms with Crippen molar-refractivity contribution in [1.29, 1.82) is 0 Å². The zero-order chi connectivity index (χ0) is 11.7. The van der Waals surface area contributed by atoms with Crippen LogP contribution >= 0.6 is 15.9 Å². The smallest absolute Gasteiger partial charge is 0.316 e. The Morgan fingerprint density at radius 2 is 2.25 bits per heavy atom. The Hall–Kier alpha value is -1.23. The third kappa shape index (κ3) is 1.75. The van der Waals surface area contributed by atoms with Crippen LogP contribution in [0.15, 0.2) is 16.7 Å². The predicted octanol–water partition coefficient (Wildman–Crippen LogP) is 3.10. The van der Waals surface area contributed by atoms with Crippen LogP contribution < -0.4 is 4.74 Å². The third-order valence-electron chi connectivity index (χ3n) is 2.37. The van der Waals surface area contributed by atoms with Crippen molar-refractivity contribution in [3.05, 3.63) is 28.1 Å². The summed E-state index contributed by atoms with van der Waals surface area (Å²) in [6, 6.07) is 2.05. The monoisotopic (exact) mass is 284 g/mol. The van der Waals surface area contributed by atoms with Gasteiger partial charge in [-0.3, -0.25) is 0 Å². The Morgan fingerprint density at radius 3 is 2.88 bits per heavy atom. The van der Waals surface area contributed by atoms with E-state index in [2.05, 4.69) is 25.9 Å². The van der Waals surface area contributed by atoms with Gasteiger partial charge in [0.05, 0.1) is 11.6 Å². The molecule has 0 unspecified atom stereocenters. The number of aryl methyl sites for hydroxylation is 1. The van der Waals surface area contributed by atoms with Gasteiger partial charge in [0, 0.05) is 11.6 Å². The Balaban J connectivity index is 2.77. The SMILES string of the molecule is CCc1cc2cnc(OC)nc2c(F)c1Br. The molecule has 0 atom stereocenters. The number of hydrogen-bond donors (Lipinski definition) is 0. The van der Waals surface area contributed by atoms with Gasteiger partial charge in [-0.1, -0.05) is 6.92 Å². The highest BCUT2D eigenvalue weighted by Crippen LogP contribution is 2.28. The molecule has 0 spiro atoms. The van der Waals surface area contributed by atoms with Gasteiger partial charge in [0.2, 0.25) is 0 Å². The van der Waals surface area contributed by atoms with E-state index in [1.54, 1.807) is 6.20 Å². The molecule has 16 heavy (non-hydrogen) atoms. The van der Waals surface area contributed by atoms with Crippen LogP contribution in [0.3, 0.4) is 0 Å². The minimum Gasteiger partial charge on any atom is -0.467 e. The van der Waals surface area contributed by atoms with E-state index in [0.717, 1.165) is 12.0 Å². The number of ether oxygens (including phenoxy) is 1. The fourth-order valence-electron chi connectivity index (χ4n) is 1.51. The van der Waals surface area contributed by atoms with Crippen molar-refractivity contribution in [1.82, 2.24) is 9.97 Å². The lowest BCUT2D eigenvalue weighted by atomic mass is 10.1. The summed E-state index contributed by atoms with van der Waals surface area (Å²) in [6.45, 7) is 1.97. The van der Waals surface area contributed by atoms with Crippen molar-refractivity contribution in [2.24, 2.45) is 0 Å². The van der Waals surface area contributed by atoms with E-state index in [0.29, 0.717) is 9.86 Å². The van der Waals surface area contributed by atoms with Crippen LogP contribution in [0.5, 0.6) is 6.01 Å². The first-order valence-electron chi connectivity index (χ1n) is 4.85. The Kier molecular flexibility index (Phi) is 3.05. The van der Waals surface area contributed by atoms with Gasteiger partial charge < -0.3 is 4.74 Å². The van der Waals surface area contributed by atoms with Gasteiger partial charge in [-0.05, 0) is 34.0 Å². The fourth-order valence-corrected chi connectivity index (χ4v) is 2.09. The quantitative estimate of drug-likeness (QED) is 0.850. The van der Waals surface area contributed by atoms with Crippen LogP contribution in [0.25, 0.3) is 10.9 Å². The minimum atomic E-state index is -0.366. The highest BCUT2D eigenvalue weighted by molar-refractivity contribution is 9.10. The van der Waals surface area contributed by atoms with E-state index in [-0.39, 0.29) is 17.3 Å². The molecule has 0 aliphatic heterocycles. The van der Waals surface area contributed by atoms with E-state index >= 15 is 0 Å². The fraction of sp³-hybridized carbons (Fsp3) is 0.273. The van der Waals surface area contributed by atoms with Gasteiger partial charge in [0.1, 0.15) is 5.52 Å². The molecule has 84 valence electrons. The summed E-state index contributed by atoms with van der Waals surface area (Å²) in [4.78, 5) is 7.95. The average Bonchev–Trinajstić information content (AvgIpc) is 2.33. The number of nitrogens with zero attached hydrogens (tertiary/aromatic N) is 2. The molecular formula is C11H10BrFN2O. The largest absolute Gasteiger partial charge is 0.467 e. The summed E-state index contributed by atoms with van der Waals surface area (Å²) < 4.78 is 19.3. The lowest BCUT2D eigenvalue weighted by Gasteiger charge is -2.07. The summed E-state index contributed by atoms with van der Waals surface area (Å²) in [7, 11) is 1.45. The maximum absolute atomic E-state index is 14.0. The molecule has 2 aromatic rings. The van der Waals surface area contributed by atoms with Crippen molar-refractivity contribution < 1.29 is 9.13 Å². The number of methoxy groups -OCH3 is 1. The van der Waals surface area contributed by atoms with Gasteiger partial charge in [0.25, 0.3) is 0 Å². The zero-order valence-electron chi connectivity index (χ0n) is 8.92. The predicted molar refractivity (Wildman–Crippen MR) is 63.1 cm³/mol. The second kappa shape index (κ2) is 4.33. The number of aromatic nitrogens is 2. The number of halogens is 2. The number of rotatable bonds is 2. The van der Waals surface area contributed by atoms with Gasteiger partial charge in [-0.2, -0.15) is 4.98 Å². The van der Waals surface area contributed by atoms with Crippen LogP contribution in [0.4, 0.5) is 4.39 Å². The lowest BCUT2D eigenvalue weighted by molar-refractivity contribution is 0.381. The Morgan fingerprint density at radius 1 is 1.50 bits per heavy atom. The molecule has 5 heteroatoms. The molecule has 0 N–H and O–H groups in total. The molecule has 2 rings (SSSR count). The second-order valence-corrected chi connectivity index (χ2v) is 4.10. The molecule has 0 radical (unpaired) electrons. The summed E-state index contributed by atoms with van der Waals surface area (Å²) in [5, 5.41) is 0.679. The molecule has 1 heterocycles. The highest BCUT2D eigenvalue weighted by Gasteiger charge is 2.12. The standard InChI is InChI=1S/C11H10BrFN2O/c1-3-6-4-7-5-14-11(16-2)15-10(7)9(13)8(6)12/h4-5H,3H2,1-2H3. The molecule has 0 saturated carbocycles. The molecule has 0 aliphatic carbocycles. The van der Waals surface area contributed by atoms with Gasteiger partial charge >= 0.3 is 6.01 Å².